The van der Waals surface area contributed by atoms with E-state index in [0.29, 0.717) is 12.1 Å². The van der Waals surface area contributed by atoms with E-state index in [-0.39, 0.29) is 11.4 Å². The molecule has 0 saturated carbocycles. The zero-order valence-electron chi connectivity index (χ0n) is 10.0. The summed E-state index contributed by atoms with van der Waals surface area (Å²) in [6.07, 6.45) is 5.02. The van der Waals surface area contributed by atoms with Crippen molar-refractivity contribution in [3.05, 3.63) is 48.5 Å². The number of imidazole rings is 1. The van der Waals surface area contributed by atoms with Gasteiger partial charge < -0.3 is 4.57 Å². The molecule has 0 fully saturated rings. The second kappa shape index (κ2) is 5.65. The number of hydrogen-bond acceptors (Lipinski definition) is 4. The van der Waals surface area contributed by atoms with Gasteiger partial charge in [0.15, 0.2) is 0 Å². The number of hydrogen-bond donors (Lipinski definition) is 1. The summed E-state index contributed by atoms with van der Waals surface area (Å²) in [5.74, 6) is 0. The Bertz CT molecular complexity index is 670. The lowest BCUT2D eigenvalue weighted by molar-refractivity contribution is 0.573. The van der Waals surface area contributed by atoms with Crippen LogP contribution in [0.5, 0.6) is 0 Å². The second-order valence-electron chi connectivity index (χ2n) is 3.83. The molecule has 0 radical (unpaired) electrons. The van der Waals surface area contributed by atoms with Gasteiger partial charge in [0.2, 0.25) is 10.0 Å². The van der Waals surface area contributed by atoms with E-state index in [1.807, 2.05) is 6.07 Å². The molecule has 0 bridgehead atoms. The second-order valence-corrected chi connectivity index (χ2v) is 5.60. The maximum atomic E-state index is 11.9. The van der Waals surface area contributed by atoms with E-state index in [1.165, 1.54) is 24.3 Å². The molecule has 0 aliphatic heterocycles. The van der Waals surface area contributed by atoms with E-state index in [0.717, 1.165) is 0 Å². The molecule has 1 heterocycles. The van der Waals surface area contributed by atoms with Crippen molar-refractivity contribution in [1.29, 1.82) is 5.26 Å². The summed E-state index contributed by atoms with van der Waals surface area (Å²) < 4.78 is 28.2. The third-order valence-electron chi connectivity index (χ3n) is 2.51. The first kappa shape index (κ1) is 13.3. The molecule has 0 spiro atoms. The molecule has 0 unspecified atom stereocenters. The summed E-state index contributed by atoms with van der Waals surface area (Å²) in [4.78, 5) is 4.02. The first-order valence-electron chi connectivity index (χ1n) is 5.57. The highest BCUT2D eigenvalue weighted by molar-refractivity contribution is 7.89. The molecule has 1 N–H and O–H groups in total. The van der Waals surface area contributed by atoms with Crippen LogP contribution in [0.1, 0.15) is 5.56 Å². The number of nitrogens with zero attached hydrogens (tertiary/aromatic N) is 3. The van der Waals surface area contributed by atoms with E-state index >= 15 is 0 Å². The predicted molar refractivity (Wildman–Crippen MR) is 68.6 cm³/mol. The largest absolute Gasteiger partial charge is 0.336 e. The van der Waals surface area contributed by atoms with Gasteiger partial charge in [-0.2, -0.15) is 5.26 Å². The number of nitriles is 1. The summed E-state index contributed by atoms with van der Waals surface area (Å²) in [7, 11) is -3.53. The molecule has 0 amide bonds. The third kappa shape index (κ3) is 3.40. The summed E-state index contributed by atoms with van der Waals surface area (Å²) in [6.45, 7) is 0.786. The van der Waals surface area contributed by atoms with Crippen molar-refractivity contribution >= 4 is 10.0 Å². The average Bonchev–Trinajstić information content (AvgIpc) is 2.92. The Balaban J connectivity index is 1.99. The van der Waals surface area contributed by atoms with E-state index in [9.17, 15) is 8.42 Å². The predicted octanol–water partition coefficient (Wildman–Crippen LogP) is 0.733. The highest BCUT2D eigenvalue weighted by Gasteiger charge is 2.12. The van der Waals surface area contributed by atoms with Gasteiger partial charge in [0.05, 0.1) is 22.9 Å². The summed E-state index contributed by atoms with van der Waals surface area (Å²) >= 11 is 0. The van der Waals surface area contributed by atoms with Crippen molar-refractivity contribution < 1.29 is 8.42 Å². The van der Waals surface area contributed by atoms with Gasteiger partial charge in [-0.25, -0.2) is 18.1 Å². The monoisotopic (exact) mass is 276 g/mol. The maximum absolute atomic E-state index is 11.9. The van der Waals surface area contributed by atoms with Gasteiger partial charge in [0, 0.05) is 25.5 Å². The van der Waals surface area contributed by atoms with E-state index in [1.54, 1.807) is 23.3 Å². The molecular weight excluding hydrogens is 264 g/mol. The Morgan fingerprint density at radius 1 is 1.32 bits per heavy atom. The van der Waals surface area contributed by atoms with Crippen LogP contribution in [0.4, 0.5) is 0 Å². The fourth-order valence-corrected chi connectivity index (χ4v) is 2.54. The molecule has 2 rings (SSSR count). The first-order chi connectivity index (χ1) is 9.12. The molecule has 0 saturated heterocycles. The van der Waals surface area contributed by atoms with Gasteiger partial charge in [-0.05, 0) is 24.3 Å². The van der Waals surface area contributed by atoms with E-state index < -0.39 is 10.0 Å². The number of benzene rings is 1. The van der Waals surface area contributed by atoms with Crippen LogP contribution in [0.2, 0.25) is 0 Å². The smallest absolute Gasteiger partial charge is 0.240 e. The minimum Gasteiger partial charge on any atom is -0.336 e. The fraction of sp³-hybridized carbons (Fsp3) is 0.167. The van der Waals surface area contributed by atoms with Crippen molar-refractivity contribution in [3.63, 3.8) is 0 Å². The van der Waals surface area contributed by atoms with Crippen molar-refractivity contribution in [2.75, 3.05) is 6.54 Å². The van der Waals surface area contributed by atoms with Crippen LogP contribution in [-0.4, -0.2) is 24.5 Å². The third-order valence-corrected chi connectivity index (χ3v) is 3.99. The molecule has 1 aromatic heterocycles. The molecule has 19 heavy (non-hydrogen) atoms. The Kier molecular flexibility index (Phi) is 3.94. The van der Waals surface area contributed by atoms with Gasteiger partial charge in [-0.3, -0.25) is 0 Å². The average molecular weight is 276 g/mol. The number of sulfonamides is 1. The zero-order valence-corrected chi connectivity index (χ0v) is 10.8. The summed E-state index contributed by atoms with van der Waals surface area (Å²) in [5, 5.41) is 8.65. The molecule has 0 aliphatic carbocycles. The highest BCUT2D eigenvalue weighted by Crippen LogP contribution is 2.09. The minimum atomic E-state index is -3.53. The molecular formula is C12H12N4O2S. The normalized spacial score (nSPS) is 11.1. The standard InChI is InChI=1S/C12H12N4O2S/c13-9-11-1-3-12(4-2-11)19(17,18)15-6-8-16-7-5-14-10-16/h1-5,7,10,15H,6,8H2. The topological polar surface area (TPSA) is 87.8 Å². The summed E-state index contributed by atoms with van der Waals surface area (Å²) in [5.41, 5.74) is 0.428. The molecule has 98 valence electrons. The van der Waals surface area contributed by atoms with Crippen LogP contribution in [-0.2, 0) is 16.6 Å². The van der Waals surface area contributed by atoms with Crippen LogP contribution >= 0.6 is 0 Å². The lowest BCUT2D eigenvalue weighted by Crippen LogP contribution is -2.27. The van der Waals surface area contributed by atoms with Crippen LogP contribution in [0.3, 0.4) is 0 Å². The molecule has 1 aromatic carbocycles. The SMILES string of the molecule is N#Cc1ccc(S(=O)(=O)NCCn2ccnc2)cc1. The number of aromatic nitrogens is 2. The van der Waals surface area contributed by atoms with Crippen molar-refractivity contribution in [2.24, 2.45) is 0 Å². The lowest BCUT2D eigenvalue weighted by Gasteiger charge is -2.07. The van der Waals surface area contributed by atoms with Gasteiger partial charge >= 0.3 is 0 Å². The first-order valence-corrected chi connectivity index (χ1v) is 7.06. The van der Waals surface area contributed by atoms with Crippen LogP contribution in [0, 0.1) is 11.3 Å². The molecule has 6 nitrogen and oxygen atoms in total. The van der Waals surface area contributed by atoms with Gasteiger partial charge in [0.25, 0.3) is 0 Å². The fourth-order valence-electron chi connectivity index (χ4n) is 1.52. The molecule has 7 heteroatoms. The van der Waals surface area contributed by atoms with Gasteiger partial charge in [0.1, 0.15) is 0 Å². The number of nitrogens with one attached hydrogen (secondary N) is 1. The molecule has 0 aliphatic rings. The van der Waals surface area contributed by atoms with Crippen molar-refractivity contribution in [1.82, 2.24) is 14.3 Å². The number of rotatable bonds is 5. The minimum absolute atomic E-state index is 0.150. The van der Waals surface area contributed by atoms with Crippen molar-refractivity contribution in [2.45, 2.75) is 11.4 Å². The van der Waals surface area contributed by atoms with Crippen LogP contribution < -0.4 is 4.72 Å². The van der Waals surface area contributed by atoms with Crippen LogP contribution in [0.15, 0.2) is 47.9 Å². The molecule has 0 atom stereocenters. The van der Waals surface area contributed by atoms with Crippen LogP contribution in [0.25, 0.3) is 0 Å². The Labute approximate surface area is 111 Å². The highest BCUT2D eigenvalue weighted by atomic mass is 32.2. The molecule has 2 aromatic rings. The lowest BCUT2D eigenvalue weighted by atomic mass is 10.2. The summed E-state index contributed by atoms with van der Waals surface area (Å²) in [6, 6.07) is 7.72. The van der Waals surface area contributed by atoms with Gasteiger partial charge in [-0.1, -0.05) is 0 Å². The van der Waals surface area contributed by atoms with Crippen molar-refractivity contribution in [3.8, 4) is 6.07 Å². The quantitative estimate of drug-likeness (QED) is 0.872. The van der Waals surface area contributed by atoms with Gasteiger partial charge in [-0.15, -0.1) is 0 Å². The Morgan fingerprint density at radius 2 is 2.05 bits per heavy atom. The Morgan fingerprint density at radius 3 is 2.63 bits per heavy atom. The zero-order chi connectivity index (χ0) is 13.7. The van der Waals surface area contributed by atoms with E-state index in [2.05, 4.69) is 9.71 Å². The maximum Gasteiger partial charge on any atom is 0.240 e. The Hall–Kier alpha value is -2.17. The van der Waals surface area contributed by atoms with E-state index in [4.69, 9.17) is 5.26 Å².